The molecule has 1 fully saturated rings. The first-order valence-corrected chi connectivity index (χ1v) is 10.9. The molecule has 14 heteroatoms. The molecule has 3 rings (SSSR count). The molecular formula is C18H21F4N5O4S. The summed E-state index contributed by atoms with van der Waals surface area (Å²) in [6.45, 7) is 4.35. The quantitative estimate of drug-likeness (QED) is 0.549. The SMILES string of the molecule is C=CS(=O)(=O)N1CCN(Cc2ccc(OC(F)(F)F)c(F)c2)[C@@H](COCc2cn[nH]n2)C1. The van der Waals surface area contributed by atoms with Crippen molar-refractivity contribution >= 4 is 10.0 Å². The van der Waals surface area contributed by atoms with Crippen molar-refractivity contribution in [3.63, 3.8) is 0 Å². The van der Waals surface area contributed by atoms with Crippen LogP contribution in [0, 0.1) is 5.82 Å². The molecule has 1 N–H and O–H groups in total. The molecule has 0 spiro atoms. The maximum absolute atomic E-state index is 14.1. The van der Waals surface area contributed by atoms with E-state index in [1.54, 1.807) is 0 Å². The first-order valence-electron chi connectivity index (χ1n) is 9.40. The lowest BCUT2D eigenvalue weighted by Gasteiger charge is -2.40. The van der Waals surface area contributed by atoms with Crippen molar-refractivity contribution in [1.82, 2.24) is 24.6 Å². The highest BCUT2D eigenvalue weighted by Crippen LogP contribution is 2.27. The van der Waals surface area contributed by atoms with Gasteiger partial charge >= 0.3 is 6.36 Å². The van der Waals surface area contributed by atoms with Crippen LogP contribution in [0.3, 0.4) is 0 Å². The van der Waals surface area contributed by atoms with Gasteiger partial charge < -0.3 is 9.47 Å². The van der Waals surface area contributed by atoms with Crippen molar-refractivity contribution in [2.45, 2.75) is 25.6 Å². The highest BCUT2D eigenvalue weighted by molar-refractivity contribution is 7.92. The van der Waals surface area contributed by atoms with Gasteiger partial charge in [0.2, 0.25) is 10.0 Å². The molecule has 0 bridgehead atoms. The van der Waals surface area contributed by atoms with Gasteiger partial charge in [-0.05, 0) is 17.7 Å². The largest absolute Gasteiger partial charge is 0.573 e. The van der Waals surface area contributed by atoms with Crippen LogP contribution in [0.15, 0.2) is 36.4 Å². The van der Waals surface area contributed by atoms with E-state index in [4.69, 9.17) is 4.74 Å². The number of rotatable bonds is 9. The number of alkyl halides is 3. The standard InChI is InChI=1S/C18H21F4N5O4S/c1-2-32(28,29)27-6-5-26(15(10-27)12-30-11-14-8-23-25-24-14)9-13-3-4-17(16(19)7-13)31-18(20,21)22/h2-4,7-8,15H,1,5-6,9-12H2,(H,23,24,25)/t15-/m1/s1. The molecule has 1 aromatic heterocycles. The molecular weight excluding hydrogens is 458 g/mol. The molecule has 0 saturated carbocycles. The molecule has 0 unspecified atom stereocenters. The Hall–Kier alpha value is -2.55. The van der Waals surface area contributed by atoms with Gasteiger partial charge in [0.25, 0.3) is 0 Å². The van der Waals surface area contributed by atoms with Crippen molar-refractivity contribution in [2.75, 3.05) is 26.2 Å². The van der Waals surface area contributed by atoms with E-state index in [0.29, 0.717) is 17.8 Å². The number of hydrogen-bond donors (Lipinski definition) is 1. The monoisotopic (exact) mass is 479 g/mol. The summed E-state index contributed by atoms with van der Waals surface area (Å²) in [5.74, 6) is -2.07. The molecule has 9 nitrogen and oxygen atoms in total. The first kappa shape index (κ1) is 24.1. The van der Waals surface area contributed by atoms with Gasteiger partial charge in [0.05, 0.1) is 19.4 Å². The van der Waals surface area contributed by atoms with Gasteiger partial charge in [-0.2, -0.15) is 19.7 Å². The molecule has 0 amide bonds. The normalized spacial score (nSPS) is 18.6. The second kappa shape index (κ2) is 9.94. The molecule has 1 aliphatic rings. The minimum atomic E-state index is -5.00. The third-order valence-corrected chi connectivity index (χ3v) is 6.24. The number of piperazine rings is 1. The number of H-pyrrole nitrogens is 1. The van der Waals surface area contributed by atoms with Crippen LogP contribution in [0.2, 0.25) is 0 Å². The maximum Gasteiger partial charge on any atom is 0.573 e. The predicted octanol–water partition coefficient (Wildman–Crippen LogP) is 2.02. The Morgan fingerprint density at radius 3 is 2.72 bits per heavy atom. The zero-order chi connectivity index (χ0) is 23.4. The predicted molar refractivity (Wildman–Crippen MR) is 104 cm³/mol. The zero-order valence-corrected chi connectivity index (χ0v) is 17.6. The van der Waals surface area contributed by atoms with Gasteiger partial charge in [0.1, 0.15) is 5.69 Å². The maximum atomic E-state index is 14.1. The summed E-state index contributed by atoms with van der Waals surface area (Å²) in [5.41, 5.74) is 0.962. The summed E-state index contributed by atoms with van der Waals surface area (Å²) in [7, 11) is -3.64. The number of hydrogen-bond acceptors (Lipinski definition) is 7. The molecule has 176 valence electrons. The summed E-state index contributed by atoms with van der Waals surface area (Å²) in [4.78, 5) is 1.87. The lowest BCUT2D eigenvalue weighted by molar-refractivity contribution is -0.275. The topological polar surface area (TPSA) is 101 Å². The molecule has 1 aliphatic heterocycles. The summed E-state index contributed by atoms with van der Waals surface area (Å²) < 4.78 is 86.1. The van der Waals surface area contributed by atoms with Crippen LogP contribution in [0.4, 0.5) is 17.6 Å². The van der Waals surface area contributed by atoms with E-state index in [0.717, 1.165) is 17.5 Å². The van der Waals surface area contributed by atoms with Crippen molar-refractivity contribution in [3.8, 4) is 5.75 Å². The number of halogens is 4. The van der Waals surface area contributed by atoms with Crippen molar-refractivity contribution in [3.05, 3.63) is 53.5 Å². The van der Waals surface area contributed by atoms with Crippen LogP contribution < -0.4 is 4.74 Å². The Kier molecular flexibility index (Phi) is 7.48. The summed E-state index contributed by atoms with van der Waals surface area (Å²) in [5, 5.41) is 10.9. The highest BCUT2D eigenvalue weighted by Gasteiger charge is 2.34. The smallest absolute Gasteiger partial charge is 0.403 e. The van der Waals surface area contributed by atoms with E-state index < -0.39 is 34.0 Å². The molecule has 2 aromatic rings. The van der Waals surface area contributed by atoms with Crippen molar-refractivity contribution < 1.29 is 35.5 Å². The van der Waals surface area contributed by atoms with E-state index >= 15 is 0 Å². The minimum Gasteiger partial charge on any atom is -0.403 e. The molecule has 0 aliphatic carbocycles. The summed E-state index contributed by atoms with van der Waals surface area (Å²) in [6, 6.07) is 2.79. The third kappa shape index (κ3) is 6.48. The van der Waals surface area contributed by atoms with E-state index in [9.17, 15) is 26.0 Å². The number of sulfonamides is 1. The number of aromatic nitrogens is 3. The van der Waals surface area contributed by atoms with Crippen LogP contribution in [-0.4, -0.2) is 71.7 Å². The number of ether oxygens (including phenoxy) is 2. The van der Waals surface area contributed by atoms with Crippen LogP contribution in [0.25, 0.3) is 0 Å². The van der Waals surface area contributed by atoms with Crippen LogP contribution in [0.5, 0.6) is 5.75 Å². The summed E-state index contributed by atoms with van der Waals surface area (Å²) in [6.07, 6.45) is -3.51. The minimum absolute atomic E-state index is 0.102. The molecule has 2 heterocycles. The highest BCUT2D eigenvalue weighted by atomic mass is 32.2. The molecule has 0 radical (unpaired) electrons. The second-order valence-electron chi connectivity index (χ2n) is 6.98. The fourth-order valence-electron chi connectivity index (χ4n) is 3.25. The molecule has 32 heavy (non-hydrogen) atoms. The first-order chi connectivity index (χ1) is 15.1. The number of nitrogens with zero attached hydrogens (tertiary/aromatic N) is 4. The fourth-order valence-corrected chi connectivity index (χ4v) is 4.17. The Morgan fingerprint density at radius 1 is 1.31 bits per heavy atom. The Labute approximate surface area is 181 Å². The van der Waals surface area contributed by atoms with Gasteiger partial charge in [-0.15, -0.1) is 13.2 Å². The van der Waals surface area contributed by atoms with Crippen molar-refractivity contribution in [2.24, 2.45) is 0 Å². The second-order valence-corrected chi connectivity index (χ2v) is 8.86. The van der Waals surface area contributed by atoms with Crippen LogP contribution in [-0.2, 0) is 27.9 Å². The summed E-state index contributed by atoms with van der Waals surface area (Å²) >= 11 is 0. The van der Waals surface area contributed by atoms with E-state index in [1.807, 2.05) is 4.90 Å². The lowest BCUT2D eigenvalue weighted by Crippen LogP contribution is -2.55. The van der Waals surface area contributed by atoms with E-state index in [1.165, 1.54) is 16.6 Å². The van der Waals surface area contributed by atoms with Crippen molar-refractivity contribution in [1.29, 1.82) is 0 Å². The lowest BCUT2D eigenvalue weighted by atomic mass is 10.1. The van der Waals surface area contributed by atoms with Gasteiger partial charge in [0, 0.05) is 37.6 Å². The van der Waals surface area contributed by atoms with Gasteiger partial charge in [-0.25, -0.2) is 12.8 Å². The average molecular weight is 479 g/mol. The Morgan fingerprint density at radius 2 is 2.09 bits per heavy atom. The number of aromatic amines is 1. The van der Waals surface area contributed by atoms with Crippen LogP contribution >= 0.6 is 0 Å². The molecule has 1 atom stereocenters. The van der Waals surface area contributed by atoms with Gasteiger partial charge in [-0.3, -0.25) is 4.90 Å². The van der Waals surface area contributed by atoms with Gasteiger partial charge in [-0.1, -0.05) is 12.6 Å². The van der Waals surface area contributed by atoms with E-state index in [-0.39, 0.29) is 32.8 Å². The van der Waals surface area contributed by atoms with Gasteiger partial charge in [0.15, 0.2) is 11.6 Å². The third-order valence-electron chi connectivity index (χ3n) is 4.77. The van der Waals surface area contributed by atoms with E-state index in [2.05, 4.69) is 26.7 Å². The molecule has 1 aromatic carbocycles. The molecule has 1 saturated heterocycles. The zero-order valence-electron chi connectivity index (χ0n) is 16.8. The average Bonchev–Trinajstić information content (AvgIpc) is 3.23. The number of nitrogens with one attached hydrogen (secondary N) is 1. The Bertz CT molecular complexity index is 1020. The van der Waals surface area contributed by atoms with Crippen LogP contribution in [0.1, 0.15) is 11.3 Å². The Balaban J connectivity index is 1.70. The number of benzene rings is 1. The fraction of sp³-hybridized carbons (Fsp3) is 0.444.